The fraction of sp³-hybridized carbons (Fsp3) is 0.167. The van der Waals surface area contributed by atoms with Crippen LogP contribution in [0.2, 0.25) is 0 Å². The number of rotatable bonds is 3. The molecule has 2 rings (SSSR count). The maximum atomic E-state index is 11.7. The largest absolute Gasteiger partial charge is 0.673 e. The topological polar surface area (TPSA) is 58.1 Å². The van der Waals surface area contributed by atoms with E-state index in [4.69, 9.17) is 5.11 Å². The molecule has 0 fully saturated rings. The number of benzene rings is 1. The van der Waals surface area contributed by atoms with Crippen LogP contribution < -0.4 is 9.88 Å². The van der Waals surface area contributed by atoms with E-state index in [9.17, 15) is 22.1 Å². The average Bonchev–Trinajstić information content (AvgIpc) is 2.75. The number of nitrogens with zero attached hydrogens (tertiary/aromatic N) is 2. The lowest BCUT2D eigenvalue weighted by molar-refractivity contribution is -0.671. The van der Waals surface area contributed by atoms with Crippen LogP contribution >= 0.6 is 0 Å². The van der Waals surface area contributed by atoms with Gasteiger partial charge < -0.3 is 27.7 Å². The molecular weight excluding hydrogens is 305 g/mol. The summed E-state index contributed by atoms with van der Waals surface area (Å²) in [5.41, 5.74) is 0.671. The Labute approximate surface area is 123 Å². The second-order valence-corrected chi connectivity index (χ2v) is 4.34. The fourth-order valence-corrected chi connectivity index (χ4v) is 1.51. The molecule has 1 aromatic carbocycles. The Morgan fingerprint density at radius 1 is 1.27 bits per heavy atom. The van der Waals surface area contributed by atoms with E-state index in [1.165, 1.54) is 12.1 Å². The molecule has 0 saturated carbocycles. The number of imidazole rings is 1. The lowest BCUT2D eigenvalue weighted by atomic mass is 10.3. The Balaban J connectivity index is 0.000000422. The van der Waals surface area contributed by atoms with Gasteiger partial charge in [-0.2, -0.15) is 0 Å². The van der Waals surface area contributed by atoms with Crippen molar-refractivity contribution in [3.05, 3.63) is 43.0 Å². The number of amides is 1. The van der Waals surface area contributed by atoms with Crippen molar-refractivity contribution in [1.82, 2.24) is 4.57 Å². The quantitative estimate of drug-likeness (QED) is 0.393. The van der Waals surface area contributed by atoms with E-state index in [1.807, 2.05) is 30.3 Å². The second kappa shape index (κ2) is 7.48. The Kier molecular flexibility index (Phi) is 5.96. The zero-order valence-corrected chi connectivity index (χ0v) is 11.6. The average molecular weight is 319 g/mol. The molecule has 0 atom stereocenters. The van der Waals surface area contributed by atoms with Gasteiger partial charge in [0.1, 0.15) is 18.1 Å². The van der Waals surface area contributed by atoms with Gasteiger partial charge in [-0.05, 0) is 24.3 Å². The third-order valence-corrected chi connectivity index (χ3v) is 2.30. The molecule has 0 spiro atoms. The van der Waals surface area contributed by atoms with E-state index >= 15 is 0 Å². The minimum atomic E-state index is -6.00. The number of aromatic hydroxyl groups is 1. The predicted molar refractivity (Wildman–Crippen MR) is 72.5 cm³/mol. The van der Waals surface area contributed by atoms with Crippen molar-refractivity contribution in [3.63, 3.8) is 0 Å². The minimum absolute atomic E-state index is 0.105. The molecule has 5 nitrogen and oxygen atoms in total. The monoisotopic (exact) mass is 319 g/mol. The molecule has 0 radical (unpaired) electrons. The van der Waals surface area contributed by atoms with Crippen molar-refractivity contribution in [2.75, 3.05) is 5.32 Å². The summed E-state index contributed by atoms with van der Waals surface area (Å²) in [7, 11) is -4.10. The van der Waals surface area contributed by atoms with Crippen molar-refractivity contribution in [2.45, 2.75) is 6.54 Å². The van der Waals surface area contributed by atoms with Crippen LogP contribution in [0.5, 0.6) is 5.75 Å². The van der Waals surface area contributed by atoms with Gasteiger partial charge in [0.15, 0.2) is 6.54 Å². The molecule has 2 N–H and O–H groups in total. The van der Waals surface area contributed by atoms with Crippen LogP contribution in [0.25, 0.3) is 0 Å². The van der Waals surface area contributed by atoms with Crippen LogP contribution in [-0.4, -0.2) is 22.8 Å². The number of anilines is 1. The van der Waals surface area contributed by atoms with Crippen LogP contribution in [0.1, 0.15) is 0 Å². The molecule has 0 aliphatic heterocycles. The summed E-state index contributed by atoms with van der Waals surface area (Å²) in [4.78, 5) is 11.7. The van der Waals surface area contributed by atoms with Crippen LogP contribution in [0.3, 0.4) is 0 Å². The fourth-order valence-electron chi connectivity index (χ4n) is 1.51. The number of carbonyl (C=O) groups excluding carboxylic acids is 1. The molecule has 10 heteroatoms. The normalized spacial score (nSPS) is 10.6. The molecule has 2 aromatic rings. The second-order valence-electron chi connectivity index (χ2n) is 4.34. The Morgan fingerprint density at radius 3 is 2.27 bits per heavy atom. The van der Waals surface area contributed by atoms with Gasteiger partial charge in [-0.1, -0.05) is 0 Å². The number of phenols is 1. The first kappa shape index (κ1) is 17.5. The minimum Gasteiger partial charge on any atom is -0.508 e. The highest BCUT2D eigenvalue weighted by Gasteiger charge is 2.20. The number of phenolic OH excluding ortho intramolecular Hbond substituents is 1. The zero-order valence-electron chi connectivity index (χ0n) is 11.6. The maximum absolute atomic E-state index is 11.7. The van der Waals surface area contributed by atoms with Crippen molar-refractivity contribution >= 4 is 18.8 Å². The van der Waals surface area contributed by atoms with Crippen LogP contribution in [0.4, 0.5) is 23.0 Å². The lowest BCUT2D eigenvalue weighted by Gasteiger charge is -2.03. The summed E-state index contributed by atoms with van der Waals surface area (Å²) in [6.45, 7) is 0.266. The van der Waals surface area contributed by atoms with Crippen molar-refractivity contribution in [1.29, 1.82) is 0 Å². The number of nitrogens with one attached hydrogen (secondary N) is 1. The first-order chi connectivity index (χ1) is 10.1. The summed E-state index contributed by atoms with van der Waals surface area (Å²) < 4.78 is 42.7. The van der Waals surface area contributed by atoms with Gasteiger partial charge in [-0.25, -0.2) is 9.13 Å². The Morgan fingerprint density at radius 2 is 1.82 bits per heavy atom. The van der Waals surface area contributed by atoms with Gasteiger partial charge in [-0.15, -0.1) is 0 Å². The summed E-state index contributed by atoms with van der Waals surface area (Å²) in [6, 6.07) is 6.38. The van der Waals surface area contributed by atoms with Gasteiger partial charge >= 0.3 is 7.25 Å². The van der Waals surface area contributed by atoms with Crippen LogP contribution in [-0.2, 0) is 18.4 Å². The summed E-state index contributed by atoms with van der Waals surface area (Å²) in [6.07, 6.45) is 5.53. The van der Waals surface area contributed by atoms with Crippen molar-refractivity contribution in [2.24, 2.45) is 7.05 Å². The van der Waals surface area contributed by atoms with E-state index < -0.39 is 7.25 Å². The van der Waals surface area contributed by atoms with Crippen molar-refractivity contribution in [3.8, 4) is 5.75 Å². The molecule has 1 aromatic heterocycles. The predicted octanol–water partition coefficient (Wildman–Crippen LogP) is 1.96. The third kappa shape index (κ3) is 7.93. The molecule has 22 heavy (non-hydrogen) atoms. The van der Waals surface area contributed by atoms with Crippen LogP contribution in [0.15, 0.2) is 43.0 Å². The van der Waals surface area contributed by atoms with Crippen molar-refractivity contribution < 1.29 is 31.7 Å². The number of hydrogen-bond acceptors (Lipinski definition) is 2. The van der Waals surface area contributed by atoms with E-state index in [0.717, 1.165) is 0 Å². The van der Waals surface area contributed by atoms with Crippen LogP contribution in [0, 0.1) is 0 Å². The highest BCUT2D eigenvalue weighted by atomic mass is 19.5. The highest BCUT2D eigenvalue weighted by Crippen LogP contribution is 2.13. The number of hydrogen-bond donors (Lipinski definition) is 2. The van der Waals surface area contributed by atoms with Gasteiger partial charge in [0.25, 0.3) is 5.91 Å². The molecule has 0 bridgehead atoms. The number of carbonyl (C=O) groups is 1. The Hall–Kier alpha value is -2.52. The van der Waals surface area contributed by atoms with E-state index in [2.05, 4.69) is 5.32 Å². The van der Waals surface area contributed by atoms with E-state index in [-0.39, 0.29) is 18.2 Å². The molecule has 1 amide bonds. The lowest BCUT2D eigenvalue weighted by Crippen LogP contribution is -2.25. The molecule has 1 heterocycles. The standard InChI is InChI=1S/C12H13N3O2.BF4/c1-14-6-7-15(9-14)8-12(17)13-10-2-4-11(16)5-3-10;2-1(3,4)5/h2-7,9H,8H2,1H3,(H-,13,16,17);/q;-1/p+1. The van der Waals surface area contributed by atoms with Gasteiger partial charge in [0.05, 0.1) is 7.05 Å². The van der Waals surface area contributed by atoms with Gasteiger partial charge in [0.2, 0.25) is 6.33 Å². The van der Waals surface area contributed by atoms with Gasteiger partial charge in [-0.3, -0.25) is 4.79 Å². The first-order valence-corrected chi connectivity index (χ1v) is 6.11. The molecule has 0 aliphatic rings. The summed E-state index contributed by atoms with van der Waals surface area (Å²) in [5.74, 6) is 0.0762. The third-order valence-electron chi connectivity index (χ3n) is 2.30. The van der Waals surface area contributed by atoms with E-state index in [1.54, 1.807) is 16.7 Å². The Bertz CT molecular complexity index is 608. The SMILES string of the molecule is C[n+]1ccn(CC(=O)Nc2ccc(O)cc2)c1.F[B-](F)(F)F. The molecular formula is C12H14BF4N3O2. The number of aromatic nitrogens is 2. The summed E-state index contributed by atoms with van der Waals surface area (Å²) >= 11 is 0. The molecule has 0 aliphatic carbocycles. The number of aryl methyl sites for hydroxylation is 1. The highest BCUT2D eigenvalue weighted by molar-refractivity contribution is 6.50. The first-order valence-electron chi connectivity index (χ1n) is 6.11. The molecule has 0 saturated heterocycles. The number of halogens is 4. The summed E-state index contributed by atoms with van der Waals surface area (Å²) in [5, 5.41) is 11.9. The smallest absolute Gasteiger partial charge is 0.508 e. The molecule has 120 valence electrons. The van der Waals surface area contributed by atoms with Gasteiger partial charge in [0, 0.05) is 5.69 Å². The zero-order chi connectivity index (χ0) is 16.8. The molecule has 0 unspecified atom stereocenters. The van der Waals surface area contributed by atoms with E-state index in [0.29, 0.717) is 5.69 Å². The maximum Gasteiger partial charge on any atom is 0.673 e.